The number of benzene rings is 2. The van der Waals surface area contributed by atoms with E-state index < -0.39 is 94.2 Å². The van der Waals surface area contributed by atoms with Crippen LogP contribution in [-0.4, -0.2) is 205 Å². The van der Waals surface area contributed by atoms with Crippen molar-refractivity contribution >= 4 is 58.4 Å². The number of ether oxygens (including phenoxy) is 4. The van der Waals surface area contributed by atoms with Crippen molar-refractivity contribution in [3.05, 3.63) is 70.4 Å². The number of methoxy groups -OCH3 is 3. The predicted molar refractivity (Wildman–Crippen MR) is 275 cm³/mol. The van der Waals surface area contributed by atoms with Crippen molar-refractivity contribution in [2.24, 2.45) is 11.3 Å². The minimum atomic E-state index is -2.27. The molecule has 10 N–H and O–H groups in total. The van der Waals surface area contributed by atoms with E-state index in [9.17, 15) is 33.9 Å². The number of carbonyl (C=O) groups excluding carboxylic acids is 3. The fourth-order valence-electron chi connectivity index (χ4n) is 13.9. The summed E-state index contributed by atoms with van der Waals surface area (Å²) in [6.45, 7) is 9.52. The molecular formula is C54H72N4O20. The molecule has 2 bridgehead atoms. The summed E-state index contributed by atoms with van der Waals surface area (Å²) in [7, 11) is 6.28. The number of carboxylic acids is 4. The molecule has 2 aromatic carbocycles. The number of hydrogen-bond donors (Lipinski definition) is 10. The first-order chi connectivity index (χ1) is 36.3. The fraction of sp³-hybridized carbons (Fsp3) is 0.574. The minimum Gasteiger partial charge on any atom is -0.496 e. The van der Waals surface area contributed by atoms with E-state index in [1.54, 1.807) is 7.11 Å². The van der Waals surface area contributed by atoms with Crippen LogP contribution in [0.3, 0.4) is 0 Å². The van der Waals surface area contributed by atoms with Gasteiger partial charge in [0.15, 0.2) is 30.5 Å². The summed E-state index contributed by atoms with van der Waals surface area (Å²) in [4.78, 5) is 92.4. The molecule has 1 spiro atoms. The van der Waals surface area contributed by atoms with Crippen LogP contribution in [0, 0.1) is 11.3 Å². The highest BCUT2D eigenvalue weighted by atomic mass is 16.6. The van der Waals surface area contributed by atoms with Crippen LogP contribution in [0.25, 0.3) is 10.9 Å². The molecule has 0 amide bonds. The van der Waals surface area contributed by atoms with Crippen LogP contribution in [0.2, 0.25) is 0 Å². The molecule has 0 radical (unpaired) electrons. The standard InChI is InChI=1S/C45H56N4O8.2C4H6O6.CH4/c1-8-27-19-28-22-44(40(51)55-6,36-30(25-48(23-27)24-28)29-13-10-11-14-33(29)46-36)32-20-31-34(21-35(32)54-5)47(4)38-43(31)16-18-49-17-12-15-42(9-2,37(43)49)39(57-26(3)50)45(38,53)41(52)56-7;2*5-1(3(7)8)2(6)4(9)10;/h10-11,13-14,19-21,28,37-39,46,53H,8-9,12,15-18,22-25H2,1-7H3;2*1-2,5-6H,(H,7,8)(H,9,10);1H4/t28?,37-,38+,39+,42+,43+,44-,45-;2*1-,2-;/m011./s1. The normalized spacial score (nSPS) is 29.8. The molecule has 2 unspecified atom stereocenters. The first-order valence-electron chi connectivity index (χ1n) is 25.2. The molecule has 2 saturated heterocycles. The first-order valence-corrected chi connectivity index (χ1v) is 25.2. The lowest BCUT2D eigenvalue weighted by molar-refractivity contribution is -0.242. The van der Waals surface area contributed by atoms with Gasteiger partial charge in [0.25, 0.3) is 0 Å². The molecule has 5 aliphatic heterocycles. The van der Waals surface area contributed by atoms with Gasteiger partial charge < -0.3 is 74.8 Å². The lowest BCUT2D eigenvalue weighted by Gasteiger charge is -2.65. The number of fused-ring (bicyclic) bond motifs is 6. The van der Waals surface area contributed by atoms with Gasteiger partial charge in [0.05, 0.1) is 27.4 Å². The number of nitrogens with zero attached hydrogens (tertiary/aromatic N) is 3. The third kappa shape index (κ3) is 9.63. The summed E-state index contributed by atoms with van der Waals surface area (Å²) in [6.07, 6.45) is -3.80. The molecule has 3 fully saturated rings. The number of piperidine rings is 1. The van der Waals surface area contributed by atoms with E-state index in [4.69, 9.17) is 59.8 Å². The monoisotopic (exact) mass is 1100 g/mol. The van der Waals surface area contributed by atoms with Crippen LogP contribution >= 0.6 is 0 Å². The highest BCUT2D eigenvalue weighted by molar-refractivity contribution is 5.95. The molecule has 24 nitrogen and oxygen atoms in total. The van der Waals surface area contributed by atoms with E-state index in [-0.39, 0.29) is 25.4 Å². The molecule has 428 valence electrons. The number of esters is 3. The topological polar surface area (TPSA) is 364 Å². The van der Waals surface area contributed by atoms with E-state index in [1.165, 1.54) is 26.7 Å². The lowest BCUT2D eigenvalue weighted by atomic mass is 9.46. The van der Waals surface area contributed by atoms with Crippen LogP contribution in [0.5, 0.6) is 5.75 Å². The number of rotatable bonds is 13. The zero-order valence-corrected chi connectivity index (χ0v) is 43.8. The van der Waals surface area contributed by atoms with Crippen molar-refractivity contribution in [2.45, 2.75) is 132 Å². The highest BCUT2D eigenvalue weighted by Crippen LogP contribution is 2.69. The van der Waals surface area contributed by atoms with Crippen molar-refractivity contribution in [2.75, 3.05) is 59.5 Å². The maximum Gasteiger partial charge on any atom is 0.344 e. The minimum absolute atomic E-state index is 0. The maximum atomic E-state index is 15.2. The molecule has 78 heavy (non-hydrogen) atoms. The Bertz CT molecular complexity index is 2780. The number of carbonyl (C=O) groups is 7. The molecule has 6 aliphatic rings. The summed E-state index contributed by atoms with van der Waals surface area (Å²) in [5.74, 6) is -8.28. The summed E-state index contributed by atoms with van der Waals surface area (Å²) in [5.41, 5.74) is 1.46. The highest BCUT2D eigenvalue weighted by Gasteiger charge is 2.81. The van der Waals surface area contributed by atoms with E-state index in [2.05, 4.69) is 52.9 Å². The Balaban J connectivity index is 0.000000398. The molecule has 24 heteroatoms. The number of aliphatic hydroxyl groups excluding tert-OH is 4. The SMILES string of the molecule is C.CCC1=CC2CN(C1)Cc1c([nH]c3ccccc13)[C@@](C(=O)OC)(c1cc3c(cc1OC)N(C)[C@H]1[C@@](O)(C(=O)OC)[C@H](OC(C)=O)[C@]4(CC)CCCN5CC[C@]31[C@@H]54)C2.O=C(O)[C@H](O)[C@@H](O)C(=O)O.O=C(O)[C@H](O)[C@@H](O)C(=O)O. The van der Waals surface area contributed by atoms with Crippen LogP contribution in [-0.2, 0) is 65.1 Å². The third-order valence-electron chi connectivity index (χ3n) is 16.8. The van der Waals surface area contributed by atoms with Crippen LogP contribution in [0.4, 0.5) is 5.69 Å². The molecule has 9 rings (SSSR count). The summed E-state index contributed by atoms with van der Waals surface area (Å²) >= 11 is 0. The Hall–Kier alpha value is -6.67. The quantitative estimate of drug-likeness (QED) is 0.0656. The first kappa shape index (κ1) is 60.6. The molecule has 1 saturated carbocycles. The van der Waals surface area contributed by atoms with Gasteiger partial charge in [-0.05, 0) is 80.8 Å². The van der Waals surface area contributed by atoms with Gasteiger partial charge in [-0.3, -0.25) is 19.4 Å². The van der Waals surface area contributed by atoms with E-state index in [1.807, 2.05) is 30.1 Å². The Morgan fingerprint density at radius 3 is 1.90 bits per heavy atom. The van der Waals surface area contributed by atoms with Crippen molar-refractivity contribution in [1.29, 1.82) is 0 Å². The van der Waals surface area contributed by atoms with Gasteiger partial charge in [0.2, 0.25) is 5.60 Å². The number of H-pyrrole nitrogens is 1. The van der Waals surface area contributed by atoms with Crippen molar-refractivity contribution in [3.63, 3.8) is 0 Å². The van der Waals surface area contributed by atoms with Gasteiger partial charge in [-0.2, -0.15) is 0 Å². The average Bonchev–Trinajstić information content (AvgIpc) is 4.10. The van der Waals surface area contributed by atoms with Gasteiger partial charge in [-0.1, -0.05) is 51.1 Å². The maximum absolute atomic E-state index is 15.2. The number of aromatic amines is 1. The largest absolute Gasteiger partial charge is 0.496 e. The number of aromatic nitrogens is 1. The predicted octanol–water partition coefficient (Wildman–Crippen LogP) is 1.37. The van der Waals surface area contributed by atoms with E-state index in [0.29, 0.717) is 43.5 Å². The molecule has 13 atom stereocenters. The zero-order valence-electron chi connectivity index (χ0n) is 43.8. The van der Waals surface area contributed by atoms with Crippen molar-refractivity contribution in [1.82, 2.24) is 14.8 Å². The number of aliphatic hydroxyl groups is 5. The van der Waals surface area contributed by atoms with E-state index in [0.717, 1.165) is 72.4 Å². The second kappa shape index (κ2) is 23.0. The molecule has 1 aliphatic carbocycles. The number of anilines is 1. The van der Waals surface area contributed by atoms with E-state index >= 15 is 4.79 Å². The molecule has 1 aromatic heterocycles. The number of hydrogen-bond acceptors (Lipinski definition) is 19. The summed E-state index contributed by atoms with van der Waals surface area (Å²) < 4.78 is 24.0. The fourth-order valence-corrected chi connectivity index (χ4v) is 13.9. The summed E-state index contributed by atoms with van der Waals surface area (Å²) in [6, 6.07) is 11.3. The number of likely N-dealkylation sites (N-methyl/N-ethyl adjacent to an activating group) is 1. The van der Waals surface area contributed by atoms with Crippen molar-refractivity contribution in [3.8, 4) is 5.75 Å². The number of carboxylic acid groups (broad SMARTS) is 4. The van der Waals surface area contributed by atoms with Crippen molar-refractivity contribution < 1.29 is 98.5 Å². The molecule has 3 aromatic rings. The number of aliphatic carboxylic acids is 4. The zero-order chi connectivity index (χ0) is 56.9. The van der Waals surface area contributed by atoms with Crippen LogP contribution in [0.1, 0.15) is 89.1 Å². The van der Waals surface area contributed by atoms with Crippen LogP contribution < -0.4 is 9.64 Å². The van der Waals surface area contributed by atoms with Crippen LogP contribution in [0.15, 0.2) is 48.0 Å². The second-order valence-corrected chi connectivity index (χ2v) is 20.7. The number of para-hydroxylation sites is 1. The Morgan fingerprint density at radius 1 is 0.782 bits per heavy atom. The molecule has 6 heterocycles. The summed E-state index contributed by atoms with van der Waals surface area (Å²) in [5, 5.41) is 79.4. The Labute approximate surface area is 449 Å². The van der Waals surface area contributed by atoms with Gasteiger partial charge in [-0.25, -0.2) is 24.0 Å². The van der Waals surface area contributed by atoms with Gasteiger partial charge >= 0.3 is 41.8 Å². The third-order valence-corrected chi connectivity index (χ3v) is 16.8. The second-order valence-electron chi connectivity index (χ2n) is 20.7. The van der Waals surface area contributed by atoms with Gasteiger partial charge in [-0.15, -0.1) is 0 Å². The number of nitrogens with one attached hydrogen (secondary N) is 1. The lowest BCUT2D eigenvalue weighted by Crippen LogP contribution is -2.82. The smallest absolute Gasteiger partial charge is 0.344 e. The van der Waals surface area contributed by atoms with Gasteiger partial charge in [0, 0.05) is 84.4 Å². The van der Waals surface area contributed by atoms with Gasteiger partial charge in [0.1, 0.15) is 11.2 Å². The average molecular weight is 1100 g/mol. The molecular weight excluding hydrogens is 1020 g/mol. The Morgan fingerprint density at radius 2 is 1.37 bits per heavy atom. The Kier molecular flexibility index (Phi) is 17.8.